The van der Waals surface area contributed by atoms with Crippen LogP contribution in [-0.2, 0) is 4.79 Å². The van der Waals surface area contributed by atoms with E-state index in [2.05, 4.69) is 16.5 Å². The number of thioether (sulfide) groups is 1. The predicted octanol–water partition coefficient (Wildman–Crippen LogP) is 4.23. The largest absolute Gasteiger partial charge is 0.481 e. The van der Waals surface area contributed by atoms with E-state index in [0.717, 1.165) is 29.0 Å². The fraction of sp³-hybridized carbons (Fsp3) is 0.467. The third kappa shape index (κ3) is 3.04. The average Bonchev–Trinajstić information content (AvgIpc) is 2.98. The maximum Gasteiger partial charge on any atom is 0.313 e. The Morgan fingerprint density at radius 3 is 3.00 bits per heavy atom. The molecule has 0 saturated heterocycles. The lowest BCUT2D eigenvalue weighted by atomic mass is 10.1. The molecule has 2 unspecified atom stereocenters. The van der Waals surface area contributed by atoms with Gasteiger partial charge in [-0.1, -0.05) is 30.3 Å². The predicted molar refractivity (Wildman–Crippen MR) is 85.2 cm³/mol. The topological polar surface area (TPSA) is 55.1 Å². The fourth-order valence-electron chi connectivity index (χ4n) is 3.04. The fourth-order valence-corrected chi connectivity index (χ4v) is 4.01. The molecule has 0 radical (unpaired) electrons. The normalized spacial score (nSPS) is 22.0. The van der Waals surface area contributed by atoms with Crippen LogP contribution in [0.15, 0.2) is 23.4 Å². The Balaban J connectivity index is 2.04. The molecular weight excluding hydrogens is 308 g/mol. The molecule has 1 saturated carbocycles. The van der Waals surface area contributed by atoms with E-state index in [4.69, 9.17) is 16.7 Å². The first-order valence-corrected chi connectivity index (χ1v) is 8.43. The minimum absolute atomic E-state index is 0.0271. The Morgan fingerprint density at radius 2 is 2.33 bits per heavy atom. The summed E-state index contributed by atoms with van der Waals surface area (Å²) in [6.07, 6.45) is 3.45. The van der Waals surface area contributed by atoms with Crippen LogP contribution in [0.4, 0.5) is 0 Å². The number of hydrogen-bond donors (Lipinski definition) is 1. The Labute approximate surface area is 132 Å². The molecule has 112 valence electrons. The lowest BCUT2D eigenvalue weighted by Gasteiger charge is -2.16. The molecule has 1 N–H and O–H groups in total. The Morgan fingerprint density at radius 1 is 1.52 bits per heavy atom. The molecule has 1 aromatic heterocycles. The second-order valence-electron chi connectivity index (χ2n) is 5.65. The maximum absolute atomic E-state index is 10.8. The lowest BCUT2D eigenvalue weighted by Crippen LogP contribution is -2.08. The van der Waals surface area contributed by atoms with Gasteiger partial charge in [0.1, 0.15) is 0 Å². The van der Waals surface area contributed by atoms with Crippen molar-refractivity contribution >= 4 is 40.4 Å². The average molecular weight is 325 g/mol. The number of fused-ring (bicyclic) bond motifs is 1. The third-order valence-corrected chi connectivity index (χ3v) is 5.15. The first-order chi connectivity index (χ1) is 10.0. The van der Waals surface area contributed by atoms with E-state index in [-0.39, 0.29) is 5.75 Å². The summed E-state index contributed by atoms with van der Waals surface area (Å²) in [6.45, 7) is 2.26. The zero-order chi connectivity index (χ0) is 15.0. The summed E-state index contributed by atoms with van der Waals surface area (Å²) in [6, 6.07) is 6.10. The molecule has 1 fully saturated rings. The molecule has 2 aromatic rings. The van der Waals surface area contributed by atoms with E-state index in [0.29, 0.717) is 17.0 Å². The smallest absolute Gasteiger partial charge is 0.313 e. The standard InChI is InChI=1S/C15H17ClN2O2S/c1-9-2-4-11(6-9)18-13-5-3-10(16)7-12(13)17-15(18)21-8-14(19)20/h3,5,7,9,11H,2,4,6,8H2,1H3,(H,19,20). The quantitative estimate of drug-likeness (QED) is 0.855. The van der Waals surface area contributed by atoms with Gasteiger partial charge in [0.05, 0.1) is 16.8 Å². The highest BCUT2D eigenvalue weighted by molar-refractivity contribution is 7.99. The highest BCUT2D eigenvalue weighted by atomic mass is 35.5. The zero-order valence-electron chi connectivity index (χ0n) is 11.8. The van der Waals surface area contributed by atoms with Crippen LogP contribution in [-0.4, -0.2) is 26.4 Å². The molecule has 6 heteroatoms. The van der Waals surface area contributed by atoms with Gasteiger partial charge >= 0.3 is 5.97 Å². The molecule has 21 heavy (non-hydrogen) atoms. The number of halogens is 1. The summed E-state index contributed by atoms with van der Waals surface area (Å²) in [5, 5.41) is 10.4. The number of carboxylic acid groups (broad SMARTS) is 1. The van der Waals surface area contributed by atoms with Gasteiger partial charge in [0, 0.05) is 11.1 Å². The van der Waals surface area contributed by atoms with Crippen LogP contribution in [0.5, 0.6) is 0 Å². The van der Waals surface area contributed by atoms with Crippen LogP contribution < -0.4 is 0 Å². The number of aliphatic carboxylic acids is 1. The molecule has 1 aliphatic rings. The first-order valence-electron chi connectivity index (χ1n) is 7.06. The lowest BCUT2D eigenvalue weighted by molar-refractivity contribution is -0.133. The summed E-state index contributed by atoms with van der Waals surface area (Å²) < 4.78 is 2.21. The van der Waals surface area contributed by atoms with Crippen LogP contribution in [0.3, 0.4) is 0 Å². The number of carboxylic acids is 1. The van der Waals surface area contributed by atoms with Crippen molar-refractivity contribution in [3.8, 4) is 0 Å². The molecule has 2 atom stereocenters. The van der Waals surface area contributed by atoms with E-state index < -0.39 is 5.97 Å². The second-order valence-corrected chi connectivity index (χ2v) is 7.03. The number of carbonyl (C=O) groups is 1. The summed E-state index contributed by atoms with van der Waals surface area (Å²) in [4.78, 5) is 15.4. The summed E-state index contributed by atoms with van der Waals surface area (Å²) in [7, 11) is 0. The molecule has 3 rings (SSSR count). The van der Waals surface area contributed by atoms with E-state index >= 15 is 0 Å². The molecular formula is C15H17ClN2O2S. The number of imidazole rings is 1. The molecule has 4 nitrogen and oxygen atoms in total. The van der Waals surface area contributed by atoms with E-state index in [1.807, 2.05) is 18.2 Å². The van der Waals surface area contributed by atoms with Crippen LogP contribution in [0, 0.1) is 5.92 Å². The van der Waals surface area contributed by atoms with Gasteiger partial charge in [0.2, 0.25) is 0 Å². The van der Waals surface area contributed by atoms with Crippen molar-refractivity contribution in [3.63, 3.8) is 0 Å². The van der Waals surface area contributed by atoms with Crippen molar-refractivity contribution in [1.82, 2.24) is 9.55 Å². The van der Waals surface area contributed by atoms with Crippen LogP contribution in [0.1, 0.15) is 32.2 Å². The minimum Gasteiger partial charge on any atom is -0.481 e. The molecule has 0 spiro atoms. The molecule has 0 bridgehead atoms. The van der Waals surface area contributed by atoms with Gasteiger partial charge in [-0.25, -0.2) is 4.98 Å². The number of hydrogen-bond acceptors (Lipinski definition) is 3. The van der Waals surface area contributed by atoms with E-state index in [1.165, 1.54) is 18.2 Å². The summed E-state index contributed by atoms with van der Waals surface area (Å²) in [5.74, 6) is -0.0900. The van der Waals surface area contributed by atoms with Crippen molar-refractivity contribution < 1.29 is 9.90 Å². The first kappa shape index (κ1) is 14.7. The number of nitrogens with zero attached hydrogens (tertiary/aromatic N) is 2. The van der Waals surface area contributed by atoms with Crippen molar-refractivity contribution in [1.29, 1.82) is 0 Å². The number of benzene rings is 1. The van der Waals surface area contributed by atoms with Crippen LogP contribution in [0.2, 0.25) is 5.02 Å². The Bertz CT molecular complexity index is 686. The van der Waals surface area contributed by atoms with E-state index in [9.17, 15) is 4.79 Å². The molecule has 0 aliphatic heterocycles. The van der Waals surface area contributed by atoms with Crippen LogP contribution >= 0.6 is 23.4 Å². The molecule has 1 aliphatic carbocycles. The summed E-state index contributed by atoms with van der Waals surface area (Å²) in [5.41, 5.74) is 1.89. The van der Waals surface area contributed by atoms with E-state index in [1.54, 1.807) is 0 Å². The van der Waals surface area contributed by atoms with Crippen molar-refractivity contribution in [2.75, 3.05) is 5.75 Å². The Hall–Kier alpha value is -1.20. The van der Waals surface area contributed by atoms with Crippen molar-refractivity contribution in [3.05, 3.63) is 23.2 Å². The van der Waals surface area contributed by atoms with Gasteiger partial charge in [0.15, 0.2) is 5.16 Å². The molecule has 0 amide bonds. The van der Waals surface area contributed by atoms with Crippen molar-refractivity contribution in [2.24, 2.45) is 5.92 Å². The Kier molecular flexibility index (Phi) is 4.13. The van der Waals surface area contributed by atoms with Gasteiger partial charge in [-0.05, 0) is 43.4 Å². The van der Waals surface area contributed by atoms with Gasteiger partial charge in [-0.2, -0.15) is 0 Å². The minimum atomic E-state index is -0.823. The zero-order valence-corrected chi connectivity index (χ0v) is 13.3. The second kappa shape index (κ2) is 5.89. The molecule has 1 aromatic carbocycles. The monoisotopic (exact) mass is 324 g/mol. The highest BCUT2D eigenvalue weighted by Crippen LogP contribution is 2.39. The van der Waals surface area contributed by atoms with Gasteiger partial charge in [-0.15, -0.1) is 0 Å². The highest BCUT2D eigenvalue weighted by Gasteiger charge is 2.27. The number of rotatable bonds is 4. The van der Waals surface area contributed by atoms with Gasteiger partial charge in [0.25, 0.3) is 0 Å². The summed E-state index contributed by atoms with van der Waals surface area (Å²) >= 11 is 7.32. The number of aromatic nitrogens is 2. The maximum atomic E-state index is 10.8. The van der Waals surface area contributed by atoms with Gasteiger partial charge < -0.3 is 9.67 Å². The molecule has 1 heterocycles. The SMILES string of the molecule is CC1CCC(n2c(SCC(=O)O)nc3cc(Cl)ccc32)C1. The van der Waals surface area contributed by atoms with Gasteiger partial charge in [-0.3, -0.25) is 4.79 Å². The third-order valence-electron chi connectivity index (χ3n) is 3.98. The van der Waals surface area contributed by atoms with Crippen molar-refractivity contribution in [2.45, 2.75) is 37.4 Å². The van der Waals surface area contributed by atoms with Crippen LogP contribution in [0.25, 0.3) is 11.0 Å².